The molecule has 0 bridgehead atoms. The third-order valence-electron chi connectivity index (χ3n) is 3.35. The summed E-state index contributed by atoms with van der Waals surface area (Å²) in [5, 5.41) is 8.89. The monoisotopic (exact) mass is 283 g/mol. The molecule has 1 aliphatic rings. The molecule has 0 atom stereocenters. The molecule has 0 saturated heterocycles. The van der Waals surface area contributed by atoms with Crippen LogP contribution in [0.4, 0.5) is 5.69 Å². The molecule has 1 amide bonds. The van der Waals surface area contributed by atoms with Crippen LogP contribution in [0.5, 0.6) is 5.75 Å². The molecule has 1 aliphatic heterocycles. The number of ether oxygens (including phenoxy) is 1. The van der Waals surface area contributed by atoms with E-state index in [1.807, 2.05) is 24.3 Å². The van der Waals surface area contributed by atoms with Crippen molar-refractivity contribution in [2.75, 3.05) is 11.5 Å². The van der Waals surface area contributed by atoms with Crippen molar-refractivity contribution in [1.82, 2.24) is 0 Å². The minimum absolute atomic E-state index is 0.0181. The summed E-state index contributed by atoms with van der Waals surface area (Å²) in [5.74, 6) is -0.399. The smallest absolute Gasteiger partial charge is 0.335 e. The van der Waals surface area contributed by atoms with Gasteiger partial charge in [0.05, 0.1) is 17.8 Å². The van der Waals surface area contributed by atoms with Gasteiger partial charge in [-0.05, 0) is 29.8 Å². The van der Waals surface area contributed by atoms with E-state index in [0.29, 0.717) is 12.3 Å². The summed E-state index contributed by atoms with van der Waals surface area (Å²) in [4.78, 5) is 24.5. The molecule has 0 spiro atoms. The third-order valence-corrected chi connectivity index (χ3v) is 3.35. The molecule has 21 heavy (non-hydrogen) atoms. The van der Waals surface area contributed by atoms with Gasteiger partial charge in [-0.3, -0.25) is 4.79 Å². The van der Waals surface area contributed by atoms with E-state index in [-0.39, 0.29) is 18.1 Å². The van der Waals surface area contributed by atoms with Crippen molar-refractivity contribution < 1.29 is 19.4 Å². The van der Waals surface area contributed by atoms with Crippen LogP contribution in [0.2, 0.25) is 0 Å². The van der Waals surface area contributed by atoms with E-state index in [9.17, 15) is 9.59 Å². The molecule has 1 heterocycles. The van der Waals surface area contributed by atoms with Gasteiger partial charge in [-0.2, -0.15) is 0 Å². The normalized spacial score (nSPS) is 13.5. The first-order chi connectivity index (χ1) is 10.1. The van der Waals surface area contributed by atoms with Gasteiger partial charge in [0.25, 0.3) is 5.91 Å². The Morgan fingerprint density at radius 1 is 1.14 bits per heavy atom. The molecule has 0 unspecified atom stereocenters. The summed E-state index contributed by atoms with van der Waals surface area (Å²) in [6.45, 7) is 0.406. The van der Waals surface area contributed by atoms with Crippen LogP contribution in [0, 0.1) is 0 Å². The second-order valence-electron chi connectivity index (χ2n) is 4.74. The first kappa shape index (κ1) is 13.2. The van der Waals surface area contributed by atoms with Gasteiger partial charge in [0.15, 0.2) is 6.61 Å². The number of hydrogen-bond acceptors (Lipinski definition) is 3. The maximum absolute atomic E-state index is 12.0. The lowest BCUT2D eigenvalue weighted by molar-refractivity contribution is -0.121. The van der Waals surface area contributed by atoms with Crippen molar-refractivity contribution in [2.45, 2.75) is 6.54 Å². The number of aromatic carboxylic acids is 1. The minimum atomic E-state index is -0.964. The third kappa shape index (κ3) is 2.58. The Bertz CT molecular complexity index is 694. The number of nitrogens with zero attached hydrogens (tertiary/aromatic N) is 1. The van der Waals surface area contributed by atoms with Crippen molar-refractivity contribution in [3.8, 4) is 5.75 Å². The number of amides is 1. The predicted molar refractivity (Wildman–Crippen MR) is 76.5 cm³/mol. The molecule has 0 radical (unpaired) electrons. The highest BCUT2D eigenvalue weighted by Crippen LogP contribution is 2.32. The zero-order valence-electron chi connectivity index (χ0n) is 11.2. The Morgan fingerprint density at radius 2 is 1.86 bits per heavy atom. The van der Waals surface area contributed by atoms with Gasteiger partial charge in [-0.1, -0.05) is 24.3 Å². The number of hydrogen-bond donors (Lipinski definition) is 1. The van der Waals surface area contributed by atoms with E-state index in [1.165, 1.54) is 12.1 Å². The molecule has 1 N–H and O–H groups in total. The van der Waals surface area contributed by atoms with Crippen molar-refractivity contribution in [3.05, 3.63) is 59.7 Å². The van der Waals surface area contributed by atoms with Crippen LogP contribution in [0.3, 0.4) is 0 Å². The fourth-order valence-corrected chi connectivity index (χ4v) is 2.26. The van der Waals surface area contributed by atoms with Crippen LogP contribution in [0.15, 0.2) is 48.5 Å². The molecule has 0 saturated carbocycles. The maximum atomic E-state index is 12.0. The van der Waals surface area contributed by atoms with Crippen molar-refractivity contribution in [3.63, 3.8) is 0 Å². The average Bonchev–Trinajstić information content (AvgIpc) is 2.51. The minimum Gasteiger partial charge on any atom is -0.482 e. The van der Waals surface area contributed by atoms with Gasteiger partial charge in [0.1, 0.15) is 5.75 Å². The topological polar surface area (TPSA) is 66.8 Å². The summed E-state index contributed by atoms with van der Waals surface area (Å²) >= 11 is 0. The van der Waals surface area contributed by atoms with Crippen LogP contribution < -0.4 is 9.64 Å². The number of carboxylic acids is 1. The maximum Gasteiger partial charge on any atom is 0.335 e. The zero-order valence-corrected chi connectivity index (χ0v) is 11.2. The average molecular weight is 283 g/mol. The van der Waals surface area contributed by atoms with E-state index in [4.69, 9.17) is 9.84 Å². The van der Waals surface area contributed by atoms with E-state index in [1.54, 1.807) is 17.0 Å². The Labute approximate surface area is 121 Å². The van der Waals surface area contributed by atoms with Crippen LogP contribution in [-0.4, -0.2) is 23.6 Å². The Hall–Kier alpha value is -2.82. The largest absolute Gasteiger partial charge is 0.482 e. The standard InChI is InChI=1S/C16H13NO4/c18-15-10-21-14-4-2-1-3-13(14)17(15)9-11-5-7-12(8-6-11)16(19)20/h1-8H,9-10H2,(H,19,20). The van der Waals surface area contributed by atoms with Gasteiger partial charge in [-0.15, -0.1) is 0 Å². The Balaban J connectivity index is 1.87. The van der Waals surface area contributed by atoms with E-state index in [0.717, 1.165) is 11.3 Å². The molecule has 5 heteroatoms. The lowest BCUT2D eigenvalue weighted by atomic mass is 10.1. The summed E-state index contributed by atoms with van der Waals surface area (Å²) in [7, 11) is 0. The highest BCUT2D eigenvalue weighted by Gasteiger charge is 2.25. The molecule has 0 aliphatic carbocycles. The molecule has 106 valence electrons. The van der Waals surface area contributed by atoms with Crippen LogP contribution in [0.1, 0.15) is 15.9 Å². The first-order valence-corrected chi connectivity index (χ1v) is 6.49. The molecule has 2 aromatic carbocycles. The van der Waals surface area contributed by atoms with Crippen LogP contribution in [0.25, 0.3) is 0 Å². The first-order valence-electron chi connectivity index (χ1n) is 6.49. The SMILES string of the molecule is O=C(O)c1ccc(CN2C(=O)COc3ccccc32)cc1. The van der Waals surface area contributed by atoms with E-state index < -0.39 is 5.97 Å². The van der Waals surface area contributed by atoms with Gasteiger partial charge in [0, 0.05) is 0 Å². The second-order valence-corrected chi connectivity index (χ2v) is 4.74. The molecule has 0 aromatic heterocycles. The van der Waals surface area contributed by atoms with Gasteiger partial charge in [-0.25, -0.2) is 4.79 Å². The summed E-state index contributed by atoms with van der Waals surface area (Å²) in [6.07, 6.45) is 0. The van der Waals surface area contributed by atoms with Gasteiger partial charge in [0.2, 0.25) is 0 Å². The number of carboxylic acid groups (broad SMARTS) is 1. The Morgan fingerprint density at radius 3 is 2.57 bits per heavy atom. The number of benzene rings is 2. The fraction of sp³-hybridized carbons (Fsp3) is 0.125. The number of para-hydroxylation sites is 2. The van der Waals surface area contributed by atoms with Crippen molar-refractivity contribution in [2.24, 2.45) is 0 Å². The number of fused-ring (bicyclic) bond motifs is 1. The van der Waals surface area contributed by atoms with Gasteiger partial charge >= 0.3 is 5.97 Å². The number of carbonyl (C=O) groups is 2. The second kappa shape index (κ2) is 5.28. The summed E-state index contributed by atoms with van der Waals surface area (Å²) in [5.41, 5.74) is 1.83. The van der Waals surface area contributed by atoms with Crippen molar-refractivity contribution >= 4 is 17.6 Å². The van der Waals surface area contributed by atoms with Crippen LogP contribution in [-0.2, 0) is 11.3 Å². The number of rotatable bonds is 3. The van der Waals surface area contributed by atoms with E-state index >= 15 is 0 Å². The number of carbonyl (C=O) groups excluding carboxylic acids is 1. The molecule has 5 nitrogen and oxygen atoms in total. The quantitative estimate of drug-likeness (QED) is 0.938. The van der Waals surface area contributed by atoms with E-state index in [2.05, 4.69) is 0 Å². The van der Waals surface area contributed by atoms with Crippen molar-refractivity contribution in [1.29, 1.82) is 0 Å². The molecule has 0 fully saturated rings. The number of anilines is 1. The lowest BCUT2D eigenvalue weighted by Crippen LogP contribution is -2.38. The molecule has 3 rings (SSSR count). The fourth-order valence-electron chi connectivity index (χ4n) is 2.26. The molecule has 2 aromatic rings. The zero-order chi connectivity index (χ0) is 14.8. The van der Waals surface area contributed by atoms with Gasteiger partial charge < -0.3 is 14.7 Å². The highest BCUT2D eigenvalue weighted by atomic mass is 16.5. The summed E-state index contributed by atoms with van der Waals surface area (Å²) in [6, 6.07) is 13.9. The highest BCUT2D eigenvalue weighted by molar-refractivity contribution is 5.97. The molecular weight excluding hydrogens is 270 g/mol. The predicted octanol–water partition coefficient (Wildman–Crippen LogP) is 2.31. The Kier molecular flexibility index (Phi) is 3.31. The lowest BCUT2D eigenvalue weighted by Gasteiger charge is -2.29. The van der Waals surface area contributed by atoms with Crippen LogP contribution >= 0.6 is 0 Å². The molecular formula is C16H13NO4. The summed E-state index contributed by atoms with van der Waals surface area (Å²) < 4.78 is 5.39.